The van der Waals surface area contributed by atoms with Gasteiger partial charge in [-0.3, -0.25) is 4.79 Å². The number of carbonyl (C=O) groups is 2. The topological polar surface area (TPSA) is 109 Å². The number of nitrogens with zero attached hydrogens (tertiary/aromatic N) is 1. The second-order valence-corrected chi connectivity index (χ2v) is 4.86. The summed E-state index contributed by atoms with van der Waals surface area (Å²) in [6.07, 6.45) is -0.298. The van der Waals surface area contributed by atoms with Gasteiger partial charge in [0.15, 0.2) is 0 Å². The molecule has 0 fully saturated rings. The van der Waals surface area contributed by atoms with Crippen molar-refractivity contribution >= 4 is 12.5 Å². The van der Waals surface area contributed by atoms with Crippen molar-refractivity contribution in [1.82, 2.24) is 15.5 Å². The molecule has 0 spiro atoms. The van der Waals surface area contributed by atoms with Crippen LogP contribution in [0.25, 0.3) is 0 Å². The van der Waals surface area contributed by atoms with E-state index in [1.165, 1.54) is 11.9 Å². The Morgan fingerprint density at radius 3 is 2.30 bits per heavy atom. The molecule has 23 heavy (non-hydrogen) atoms. The van der Waals surface area contributed by atoms with E-state index in [2.05, 4.69) is 10.6 Å². The minimum Gasteiger partial charge on any atom is -0.465 e. The van der Waals surface area contributed by atoms with Crippen LogP contribution in [0, 0.1) is 0 Å². The van der Waals surface area contributed by atoms with Crippen LogP contribution in [0.4, 0.5) is 4.79 Å². The Morgan fingerprint density at radius 2 is 1.70 bits per heavy atom. The molecule has 136 valence electrons. The van der Waals surface area contributed by atoms with Crippen LogP contribution in [0.2, 0.25) is 0 Å². The van der Waals surface area contributed by atoms with Crippen molar-refractivity contribution in [2.45, 2.75) is 13.0 Å². The second kappa shape index (κ2) is 15.5. The maximum atomic E-state index is 10.7. The van der Waals surface area contributed by atoms with E-state index in [1.54, 1.807) is 6.92 Å². The normalized spacial score (nSPS) is 11.9. The van der Waals surface area contributed by atoms with Gasteiger partial charge in [-0.15, -0.1) is 0 Å². The molecule has 0 aromatic rings. The van der Waals surface area contributed by atoms with Gasteiger partial charge in [0.05, 0.1) is 45.7 Å². The molecule has 0 rings (SSSR count). The molecule has 0 aliphatic rings. The maximum absolute atomic E-state index is 10.7. The molecular weight excluding hydrogens is 306 g/mol. The fourth-order valence-corrected chi connectivity index (χ4v) is 1.48. The van der Waals surface area contributed by atoms with Crippen molar-refractivity contribution in [1.29, 1.82) is 0 Å². The quantitative estimate of drug-likeness (QED) is 0.254. The Hall–Kier alpha value is -1.42. The summed E-state index contributed by atoms with van der Waals surface area (Å²) in [5.74, 6) is 0. The Bertz CT molecular complexity index is 306. The van der Waals surface area contributed by atoms with E-state index in [0.717, 1.165) is 6.54 Å². The third kappa shape index (κ3) is 13.9. The van der Waals surface area contributed by atoms with E-state index < -0.39 is 6.09 Å². The molecule has 0 heterocycles. The molecule has 3 N–H and O–H groups in total. The maximum Gasteiger partial charge on any atom is 0.407 e. The summed E-state index contributed by atoms with van der Waals surface area (Å²) in [4.78, 5) is 21.9. The van der Waals surface area contributed by atoms with Gasteiger partial charge < -0.3 is 34.9 Å². The van der Waals surface area contributed by atoms with Gasteiger partial charge in [0.25, 0.3) is 0 Å². The van der Waals surface area contributed by atoms with Gasteiger partial charge in [-0.1, -0.05) is 0 Å². The molecule has 0 aromatic heterocycles. The van der Waals surface area contributed by atoms with Gasteiger partial charge in [0.1, 0.15) is 0 Å². The smallest absolute Gasteiger partial charge is 0.407 e. The zero-order valence-corrected chi connectivity index (χ0v) is 14.0. The monoisotopic (exact) mass is 335 g/mol. The molecule has 0 bridgehead atoms. The fraction of sp³-hybridized carbons (Fsp3) is 0.857. The molecule has 1 atom stereocenters. The molecule has 1 unspecified atom stereocenters. The van der Waals surface area contributed by atoms with Crippen LogP contribution < -0.4 is 10.6 Å². The van der Waals surface area contributed by atoms with Crippen molar-refractivity contribution in [3.8, 4) is 0 Å². The van der Waals surface area contributed by atoms with Gasteiger partial charge in [0.2, 0.25) is 6.41 Å². The lowest BCUT2D eigenvalue weighted by atomic mass is 10.3. The molecule has 0 aromatic carbocycles. The van der Waals surface area contributed by atoms with E-state index in [1.807, 2.05) is 0 Å². The van der Waals surface area contributed by atoms with E-state index >= 15 is 0 Å². The summed E-state index contributed by atoms with van der Waals surface area (Å²) in [6.45, 7) is 6.61. The molecule has 9 nitrogen and oxygen atoms in total. The average Bonchev–Trinajstić information content (AvgIpc) is 2.54. The van der Waals surface area contributed by atoms with Crippen molar-refractivity contribution in [2.24, 2.45) is 0 Å². The molecular formula is C14H29N3O6. The van der Waals surface area contributed by atoms with E-state index in [9.17, 15) is 9.59 Å². The van der Waals surface area contributed by atoms with Crippen LogP contribution >= 0.6 is 0 Å². The molecule has 0 saturated carbocycles. The minimum absolute atomic E-state index is 0.190. The number of carboxylic acid groups (broad SMARTS) is 1. The van der Waals surface area contributed by atoms with Gasteiger partial charge >= 0.3 is 6.09 Å². The lowest BCUT2D eigenvalue weighted by Gasteiger charge is -2.21. The summed E-state index contributed by atoms with van der Waals surface area (Å²) in [7, 11) is 1.51. The number of rotatable bonds is 16. The van der Waals surface area contributed by atoms with Crippen molar-refractivity contribution in [2.75, 3.05) is 66.3 Å². The predicted octanol–water partition coefficient (Wildman–Crippen LogP) is -0.630. The zero-order chi connectivity index (χ0) is 17.3. The summed E-state index contributed by atoms with van der Waals surface area (Å²) in [5, 5.41) is 14.4. The van der Waals surface area contributed by atoms with Gasteiger partial charge in [0, 0.05) is 26.7 Å². The molecule has 0 aliphatic heterocycles. The average molecular weight is 335 g/mol. The fourth-order valence-electron chi connectivity index (χ4n) is 1.48. The summed E-state index contributed by atoms with van der Waals surface area (Å²) in [6, 6.07) is -0.190. The largest absolute Gasteiger partial charge is 0.465 e. The van der Waals surface area contributed by atoms with Crippen LogP contribution in [0.15, 0.2) is 0 Å². The van der Waals surface area contributed by atoms with Crippen molar-refractivity contribution in [3.05, 3.63) is 0 Å². The van der Waals surface area contributed by atoms with E-state index in [0.29, 0.717) is 59.1 Å². The lowest BCUT2D eigenvalue weighted by molar-refractivity contribution is -0.109. The number of ether oxygens (including phenoxy) is 3. The first kappa shape index (κ1) is 21.6. The zero-order valence-electron chi connectivity index (χ0n) is 14.0. The Balaban J connectivity index is 3.19. The SMILES string of the molecule is CC(COCCOCCOCCNCCNC=O)N(C)C(=O)O. The van der Waals surface area contributed by atoms with Gasteiger partial charge in [-0.25, -0.2) is 4.79 Å². The molecule has 9 heteroatoms. The Kier molecular flexibility index (Phi) is 14.5. The van der Waals surface area contributed by atoms with Gasteiger partial charge in [-0.05, 0) is 6.92 Å². The molecule has 0 aliphatic carbocycles. The molecule has 0 saturated heterocycles. The van der Waals surface area contributed by atoms with Crippen LogP contribution in [-0.2, 0) is 19.0 Å². The lowest BCUT2D eigenvalue weighted by Crippen LogP contribution is -2.37. The van der Waals surface area contributed by atoms with Crippen LogP contribution in [-0.4, -0.2) is 94.9 Å². The number of nitrogens with one attached hydrogen (secondary N) is 2. The third-order valence-electron chi connectivity index (χ3n) is 3.02. The van der Waals surface area contributed by atoms with Crippen molar-refractivity contribution < 1.29 is 28.9 Å². The van der Waals surface area contributed by atoms with E-state index in [4.69, 9.17) is 19.3 Å². The Morgan fingerprint density at radius 1 is 1.09 bits per heavy atom. The number of likely N-dealkylation sites (N-methyl/N-ethyl adjacent to an activating group) is 1. The number of hydrogen-bond donors (Lipinski definition) is 3. The van der Waals surface area contributed by atoms with Crippen LogP contribution in [0.3, 0.4) is 0 Å². The van der Waals surface area contributed by atoms with Crippen LogP contribution in [0.5, 0.6) is 0 Å². The highest BCUT2D eigenvalue weighted by Crippen LogP contribution is 1.96. The number of amides is 2. The predicted molar refractivity (Wildman–Crippen MR) is 84.6 cm³/mol. The molecule has 0 radical (unpaired) electrons. The second-order valence-electron chi connectivity index (χ2n) is 4.86. The third-order valence-corrected chi connectivity index (χ3v) is 3.02. The van der Waals surface area contributed by atoms with E-state index in [-0.39, 0.29) is 6.04 Å². The van der Waals surface area contributed by atoms with Crippen molar-refractivity contribution in [3.63, 3.8) is 0 Å². The highest BCUT2D eigenvalue weighted by Gasteiger charge is 2.13. The highest BCUT2D eigenvalue weighted by atomic mass is 16.5. The number of carbonyl (C=O) groups excluding carboxylic acids is 1. The summed E-state index contributed by atoms with van der Waals surface area (Å²) in [5.41, 5.74) is 0. The molecule has 2 amide bonds. The van der Waals surface area contributed by atoms with Gasteiger partial charge in [-0.2, -0.15) is 0 Å². The minimum atomic E-state index is -0.969. The first-order valence-corrected chi connectivity index (χ1v) is 7.66. The summed E-state index contributed by atoms with van der Waals surface area (Å²) < 4.78 is 16.0. The van der Waals surface area contributed by atoms with Crippen LogP contribution in [0.1, 0.15) is 6.92 Å². The first-order chi connectivity index (χ1) is 11.1. The highest BCUT2D eigenvalue weighted by molar-refractivity contribution is 5.64. The first-order valence-electron chi connectivity index (χ1n) is 7.66. The number of hydrogen-bond acceptors (Lipinski definition) is 6. The summed E-state index contributed by atoms with van der Waals surface area (Å²) >= 11 is 0. The standard InChI is InChI=1S/C14H29N3O6/c1-13(17(2)14(19)20)11-23-10-9-22-8-7-21-6-5-15-3-4-16-12-18/h12-13,15H,3-11H2,1-2H3,(H,16,18)(H,19,20). The Labute approximate surface area is 137 Å².